The summed E-state index contributed by atoms with van der Waals surface area (Å²) in [6, 6.07) is 5.39. The fraction of sp³-hybridized carbons (Fsp3) is 0.462. The molecule has 2 N–H and O–H groups in total. The van der Waals surface area contributed by atoms with E-state index >= 15 is 0 Å². The molecule has 2 rings (SSSR count). The average Bonchev–Trinajstić information content (AvgIpc) is 2.32. The first-order valence-electron chi connectivity index (χ1n) is 6.03. The first-order chi connectivity index (χ1) is 8.49. The minimum atomic E-state index is -0.0139. The molecule has 98 valence electrons. The largest absolute Gasteiger partial charge is 0.399 e. The third-order valence-electron chi connectivity index (χ3n) is 3.47. The average molecular weight is 268 g/mol. The summed E-state index contributed by atoms with van der Waals surface area (Å²) in [7, 11) is 2.07. The molecule has 0 spiro atoms. The number of nitrogens with zero attached hydrogens (tertiary/aromatic N) is 2. The molecule has 18 heavy (non-hydrogen) atoms. The van der Waals surface area contributed by atoms with Gasteiger partial charge < -0.3 is 15.5 Å². The van der Waals surface area contributed by atoms with Gasteiger partial charge in [-0.05, 0) is 32.2 Å². The van der Waals surface area contributed by atoms with Crippen molar-refractivity contribution < 1.29 is 4.79 Å². The van der Waals surface area contributed by atoms with Crippen LogP contribution in [-0.2, 0) is 0 Å². The van der Waals surface area contributed by atoms with Gasteiger partial charge >= 0.3 is 0 Å². The summed E-state index contributed by atoms with van der Waals surface area (Å²) in [5.41, 5.74) is 6.73. The minimum Gasteiger partial charge on any atom is -0.399 e. The molecule has 1 fully saturated rings. The van der Waals surface area contributed by atoms with Gasteiger partial charge in [-0.25, -0.2) is 0 Å². The van der Waals surface area contributed by atoms with Crippen LogP contribution in [0.15, 0.2) is 18.2 Å². The van der Waals surface area contributed by atoms with Crippen molar-refractivity contribution in [1.82, 2.24) is 9.80 Å². The van der Waals surface area contributed by atoms with E-state index in [-0.39, 0.29) is 5.91 Å². The van der Waals surface area contributed by atoms with E-state index in [1.165, 1.54) is 0 Å². The van der Waals surface area contributed by atoms with Gasteiger partial charge in [0.25, 0.3) is 5.91 Å². The fourth-order valence-electron chi connectivity index (χ4n) is 2.11. The molecule has 1 heterocycles. The van der Waals surface area contributed by atoms with Crippen molar-refractivity contribution in [2.24, 2.45) is 0 Å². The lowest BCUT2D eigenvalue weighted by atomic mass is 10.1. The molecule has 1 aliphatic rings. The zero-order valence-electron chi connectivity index (χ0n) is 10.7. The van der Waals surface area contributed by atoms with Gasteiger partial charge in [0.05, 0.1) is 10.6 Å². The summed E-state index contributed by atoms with van der Waals surface area (Å²) < 4.78 is 0. The van der Waals surface area contributed by atoms with Crippen molar-refractivity contribution in [3.05, 3.63) is 28.8 Å². The molecule has 5 heteroatoms. The summed E-state index contributed by atoms with van der Waals surface area (Å²) in [6.07, 6.45) is 0. The van der Waals surface area contributed by atoms with Gasteiger partial charge in [-0.1, -0.05) is 11.6 Å². The highest BCUT2D eigenvalue weighted by molar-refractivity contribution is 6.34. The maximum atomic E-state index is 12.4. The molecule has 0 bridgehead atoms. The standard InChI is InChI=1S/C13H18ClN3O/c1-9-8-17(6-5-16(9)2)13(18)11-4-3-10(15)7-12(11)14/h3-4,7,9H,5-6,8,15H2,1-2H3. The number of hydrogen-bond donors (Lipinski definition) is 1. The maximum Gasteiger partial charge on any atom is 0.255 e. The maximum absolute atomic E-state index is 12.4. The van der Waals surface area contributed by atoms with Gasteiger partial charge in [-0.15, -0.1) is 0 Å². The van der Waals surface area contributed by atoms with Crippen molar-refractivity contribution >= 4 is 23.2 Å². The van der Waals surface area contributed by atoms with Gasteiger partial charge in [0.1, 0.15) is 0 Å². The zero-order valence-corrected chi connectivity index (χ0v) is 11.4. The number of nitrogen functional groups attached to an aromatic ring is 1. The van der Waals surface area contributed by atoms with Crippen LogP contribution in [0.1, 0.15) is 17.3 Å². The quantitative estimate of drug-likeness (QED) is 0.788. The Hall–Kier alpha value is -1.26. The monoisotopic (exact) mass is 267 g/mol. The first kappa shape index (κ1) is 13.2. The molecule has 4 nitrogen and oxygen atoms in total. The number of anilines is 1. The van der Waals surface area contributed by atoms with Crippen LogP contribution in [0.2, 0.25) is 5.02 Å². The Kier molecular flexibility index (Phi) is 3.78. The fourth-order valence-corrected chi connectivity index (χ4v) is 2.38. The Morgan fingerprint density at radius 3 is 2.78 bits per heavy atom. The molecule has 0 radical (unpaired) electrons. The molecular weight excluding hydrogens is 250 g/mol. The highest BCUT2D eigenvalue weighted by Crippen LogP contribution is 2.21. The third-order valence-corrected chi connectivity index (χ3v) is 3.78. The van der Waals surface area contributed by atoms with E-state index in [0.717, 1.165) is 19.6 Å². The molecule has 0 saturated carbocycles. The van der Waals surface area contributed by atoms with Gasteiger partial charge in [-0.3, -0.25) is 4.79 Å². The second-order valence-electron chi connectivity index (χ2n) is 4.82. The zero-order chi connectivity index (χ0) is 13.3. The number of halogens is 1. The molecule has 1 saturated heterocycles. The highest BCUT2D eigenvalue weighted by Gasteiger charge is 2.26. The van der Waals surface area contributed by atoms with E-state index in [4.69, 9.17) is 17.3 Å². The molecule has 1 aromatic carbocycles. The van der Waals surface area contributed by atoms with Crippen molar-refractivity contribution in [3.63, 3.8) is 0 Å². The van der Waals surface area contributed by atoms with Crippen LogP contribution in [0.4, 0.5) is 5.69 Å². The van der Waals surface area contributed by atoms with Crippen LogP contribution in [0, 0.1) is 0 Å². The molecule has 1 atom stereocenters. The van der Waals surface area contributed by atoms with E-state index in [1.54, 1.807) is 18.2 Å². The topological polar surface area (TPSA) is 49.6 Å². The van der Waals surface area contributed by atoms with Crippen molar-refractivity contribution in [2.75, 3.05) is 32.4 Å². The van der Waals surface area contributed by atoms with Crippen LogP contribution in [0.25, 0.3) is 0 Å². The van der Waals surface area contributed by atoms with E-state index in [2.05, 4.69) is 18.9 Å². The Morgan fingerprint density at radius 1 is 1.44 bits per heavy atom. The Bertz CT molecular complexity index is 464. The summed E-state index contributed by atoms with van der Waals surface area (Å²) in [5, 5.41) is 0.423. The van der Waals surface area contributed by atoms with E-state index in [9.17, 15) is 4.79 Å². The molecule has 1 amide bonds. The second kappa shape index (κ2) is 5.16. The summed E-state index contributed by atoms with van der Waals surface area (Å²) >= 11 is 6.07. The third kappa shape index (κ3) is 2.60. The van der Waals surface area contributed by atoms with E-state index < -0.39 is 0 Å². The number of carbonyl (C=O) groups is 1. The van der Waals surface area contributed by atoms with Crippen molar-refractivity contribution in [3.8, 4) is 0 Å². The number of hydrogen-bond acceptors (Lipinski definition) is 3. The normalized spacial score (nSPS) is 21.1. The number of likely N-dealkylation sites (N-methyl/N-ethyl adjacent to an activating group) is 1. The van der Waals surface area contributed by atoms with E-state index in [1.807, 2.05) is 4.90 Å². The lowest BCUT2D eigenvalue weighted by molar-refractivity contribution is 0.0572. The molecule has 1 unspecified atom stereocenters. The van der Waals surface area contributed by atoms with Gasteiger partial charge in [0.15, 0.2) is 0 Å². The lowest BCUT2D eigenvalue weighted by Crippen LogP contribution is -2.52. The molecule has 0 aromatic heterocycles. The van der Waals surface area contributed by atoms with Crippen LogP contribution >= 0.6 is 11.6 Å². The minimum absolute atomic E-state index is 0.0139. The van der Waals surface area contributed by atoms with Gasteiger partial charge in [-0.2, -0.15) is 0 Å². The number of nitrogens with two attached hydrogens (primary N) is 1. The number of carbonyl (C=O) groups excluding carboxylic acids is 1. The summed E-state index contributed by atoms with van der Waals surface area (Å²) in [6.45, 7) is 4.47. The predicted octanol–water partition coefficient (Wildman–Crippen LogP) is 1.70. The highest BCUT2D eigenvalue weighted by atomic mass is 35.5. The van der Waals surface area contributed by atoms with Crippen LogP contribution < -0.4 is 5.73 Å². The number of amides is 1. The predicted molar refractivity (Wildman–Crippen MR) is 73.9 cm³/mol. The summed E-state index contributed by atoms with van der Waals surface area (Å²) in [5.74, 6) is -0.0139. The van der Waals surface area contributed by atoms with Crippen LogP contribution in [0.5, 0.6) is 0 Å². The summed E-state index contributed by atoms with van der Waals surface area (Å²) in [4.78, 5) is 16.5. The molecule has 1 aromatic rings. The number of benzene rings is 1. The lowest BCUT2D eigenvalue weighted by Gasteiger charge is -2.37. The Labute approximate surface area is 112 Å². The number of piperazine rings is 1. The van der Waals surface area contributed by atoms with Gasteiger partial charge in [0.2, 0.25) is 0 Å². The van der Waals surface area contributed by atoms with Crippen molar-refractivity contribution in [2.45, 2.75) is 13.0 Å². The Balaban J connectivity index is 2.16. The van der Waals surface area contributed by atoms with Crippen LogP contribution in [-0.4, -0.2) is 48.4 Å². The van der Waals surface area contributed by atoms with Gasteiger partial charge in [0, 0.05) is 31.4 Å². The SMILES string of the molecule is CC1CN(C(=O)c2ccc(N)cc2Cl)CCN1C. The first-order valence-corrected chi connectivity index (χ1v) is 6.41. The van der Waals surface area contributed by atoms with Crippen molar-refractivity contribution in [1.29, 1.82) is 0 Å². The van der Waals surface area contributed by atoms with Crippen LogP contribution in [0.3, 0.4) is 0 Å². The van der Waals surface area contributed by atoms with E-state index in [0.29, 0.717) is 22.3 Å². The number of rotatable bonds is 1. The molecule has 0 aliphatic carbocycles. The molecular formula is C13H18ClN3O. The second-order valence-corrected chi connectivity index (χ2v) is 5.23. The smallest absolute Gasteiger partial charge is 0.255 e. The Morgan fingerprint density at radius 2 is 2.17 bits per heavy atom. The molecule has 1 aliphatic heterocycles.